The predicted octanol–water partition coefficient (Wildman–Crippen LogP) is 4.83. The molecule has 0 spiro atoms. The quantitative estimate of drug-likeness (QED) is 0.495. The number of piperidine rings is 1. The van der Waals surface area contributed by atoms with Crippen molar-refractivity contribution >= 4 is 17.7 Å². The summed E-state index contributed by atoms with van der Waals surface area (Å²) in [5.74, 6) is -2.89. The molecule has 0 bridgehead atoms. The lowest BCUT2D eigenvalue weighted by Gasteiger charge is -2.37. The Kier molecular flexibility index (Phi) is 6.72. The first kappa shape index (κ1) is 24.2. The Bertz CT molecular complexity index is 1210. The number of hydrogen-bond acceptors (Lipinski definition) is 5. The highest BCUT2D eigenvalue weighted by Gasteiger charge is 2.45. The van der Waals surface area contributed by atoms with E-state index in [4.69, 9.17) is 9.52 Å². The molecule has 8 nitrogen and oxygen atoms in total. The molecule has 0 aliphatic carbocycles. The molecule has 0 saturated carbocycles. The van der Waals surface area contributed by atoms with E-state index in [1.807, 2.05) is 0 Å². The average Bonchev–Trinajstić information content (AvgIpc) is 3.34. The van der Waals surface area contributed by atoms with Crippen LogP contribution >= 0.6 is 0 Å². The van der Waals surface area contributed by atoms with Crippen molar-refractivity contribution in [3.05, 3.63) is 65.8 Å². The zero-order chi connectivity index (χ0) is 25.2. The number of nitrogens with zero attached hydrogens (tertiary/aromatic N) is 4. The minimum absolute atomic E-state index is 0.0334. The van der Waals surface area contributed by atoms with Gasteiger partial charge in [-0.2, -0.15) is 8.78 Å². The first-order valence-corrected chi connectivity index (χ1v) is 10.6. The zero-order valence-corrected chi connectivity index (χ0v) is 18.2. The number of hydrogen-bond donors (Lipinski definition) is 1. The third kappa shape index (κ3) is 5.10. The van der Waals surface area contributed by atoms with Crippen LogP contribution in [0.3, 0.4) is 0 Å². The Morgan fingerprint density at radius 1 is 1.11 bits per heavy atom. The number of halogens is 4. The number of benzene rings is 2. The molecule has 1 fully saturated rings. The second-order valence-corrected chi connectivity index (χ2v) is 8.01. The summed E-state index contributed by atoms with van der Waals surface area (Å²) in [6, 6.07) is 11.8. The maximum Gasteiger partial charge on any atom is 0.407 e. The number of carbonyl (C=O) groups is 2. The van der Waals surface area contributed by atoms with Crippen molar-refractivity contribution in [2.24, 2.45) is 0 Å². The molecule has 2 aromatic carbocycles. The van der Waals surface area contributed by atoms with Gasteiger partial charge in [0, 0.05) is 42.7 Å². The van der Waals surface area contributed by atoms with Gasteiger partial charge in [-0.05, 0) is 24.3 Å². The number of anilines is 1. The molecule has 1 aliphatic heterocycles. The molecule has 2 heterocycles. The third-order valence-electron chi connectivity index (χ3n) is 5.78. The van der Waals surface area contributed by atoms with Crippen molar-refractivity contribution in [1.29, 1.82) is 0 Å². The number of amides is 2. The van der Waals surface area contributed by atoms with Crippen LogP contribution in [0.25, 0.3) is 11.5 Å². The topological polar surface area (TPSA) is 99.8 Å². The van der Waals surface area contributed by atoms with E-state index in [-0.39, 0.29) is 49.5 Å². The Morgan fingerprint density at radius 2 is 1.80 bits per heavy atom. The van der Waals surface area contributed by atoms with Crippen molar-refractivity contribution in [2.75, 3.05) is 18.0 Å². The van der Waals surface area contributed by atoms with Gasteiger partial charge in [-0.25, -0.2) is 13.6 Å². The van der Waals surface area contributed by atoms with E-state index in [1.54, 1.807) is 30.3 Å². The molecule has 1 saturated heterocycles. The smallest absolute Gasteiger partial charge is 0.407 e. The molecule has 1 aliphatic rings. The molecule has 0 atom stereocenters. The van der Waals surface area contributed by atoms with Gasteiger partial charge in [0.1, 0.15) is 5.82 Å². The Balaban J connectivity index is 1.60. The minimum Gasteiger partial charge on any atom is -0.465 e. The molecule has 1 N–H and O–H groups in total. The summed E-state index contributed by atoms with van der Waals surface area (Å²) in [6.07, 6.45) is -4.82. The van der Waals surface area contributed by atoms with Crippen molar-refractivity contribution < 1.29 is 36.7 Å². The van der Waals surface area contributed by atoms with Crippen LogP contribution in [0.1, 0.15) is 30.7 Å². The van der Waals surface area contributed by atoms with Gasteiger partial charge in [0.2, 0.25) is 5.89 Å². The Labute approximate surface area is 196 Å². The van der Waals surface area contributed by atoms with Crippen LogP contribution in [0.15, 0.2) is 52.9 Å². The summed E-state index contributed by atoms with van der Waals surface area (Å²) in [7, 11) is 0. The van der Waals surface area contributed by atoms with Gasteiger partial charge in [-0.1, -0.05) is 24.3 Å². The summed E-state index contributed by atoms with van der Waals surface area (Å²) < 4.78 is 60.9. The van der Waals surface area contributed by atoms with E-state index in [0.717, 1.165) is 15.9 Å². The standard InChI is InChI=1S/C23H20F4N4O4/c24-17-12-14(19-28-29-20(35-19)18(25)26)6-7-15(17)13-31(16-4-2-1-3-5-16)21(32)23(27)8-10-30(11-9-23)22(33)34/h1-7,12,18H,8-11,13H2,(H,33,34). The van der Waals surface area contributed by atoms with Crippen LogP contribution in [0.2, 0.25) is 0 Å². The van der Waals surface area contributed by atoms with E-state index in [9.17, 15) is 22.8 Å². The van der Waals surface area contributed by atoms with Gasteiger partial charge in [-0.15, -0.1) is 10.2 Å². The molecule has 1 aromatic heterocycles. The highest BCUT2D eigenvalue weighted by Crippen LogP contribution is 2.33. The number of rotatable bonds is 6. The highest BCUT2D eigenvalue weighted by atomic mass is 19.3. The number of aromatic nitrogens is 2. The summed E-state index contributed by atoms with van der Waals surface area (Å²) >= 11 is 0. The SMILES string of the molecule is O=C(O)N1CCC(F)(C(=O)N(Cc2ccc(-c3nnc(C(F)F)o3)cc2F)c2ccccc2)CC1. The van der Waals surface area contributed by atoms with Crippen LogP contribution in [0.4, 0.5) is 28.0 Å². The number of para-hydroxylation sites is 1. The van der Waals surface area contributed by atoms with Crippen LogP contribution in [0, 0.1) is 5.82 Å². The predicted molar refractivity (Wildman–Crippen MR) is 115 cm³/mol. The molecule has 0 unspecified atom stereocenters. The maximum absolute atomic E-state index is 15.7. The summed E-state index contributed by atoms with van der Waals surface area (Å²) in [5.41, 5.74) is -1.90. The second-order valence-electron chi connectivity index (χ2n) is 8.01. The summed E-state index contributed by atoms with van der Waals surface area (Å²) in [5, 5.41) is 15.8. The van der Waals surface area contributed by atoms with E-state index < -0.39 is 35.8 Å². The van der Waals surface area contributed by atoms with Gasteiger partial charge in [0.15, 0.2) is 5.67 Å². The lowest BCUT2D eigenvalue weighted by atomic mass is 9.91. The molecule has 35 heavy (non-hydrogen) atoms. The molecule has 0 radical (unpaired) electrons. The second kappa shape index (κ2) is 9.72. The fraction of sp³-hybridized carbons (Fsp3) is 0.304. The first-order chi connectivity index (χ1) is 16.7. The van der Waals surface area contributed by atoms with Crippen molar-refractivity contribution in [1.82, 2.24) is 15.1 Å². The number of alkyl halides is 3. The fourth-order valence-electron chi connectivity index (χ4n) is 3.81. The number of carboxylic acid groups (broad SMARTS) is 1. The van der Waals surface area contributed by atoms with Crippen LogP contribution < -0.4 is 4.90 Å². The molecule has 184 valence electrons. The Morgan fingerprint density at radius 3 is 2.37 bits per heavy atom. The van der Waals surface area contributed by atoms with Crippen LogP contribution in [-0.2, 0) is 11.3 Å². The number of carbonyl (C=O) groups excluding carboxylic acids is 1. The monoisotopic (exact) mass is 492 g/mol. The van der Waals surface area contributed by atoms with Crippen molar-refractivity contribution in [3.8, 4) is 11.5 Å². The lowest BCUT2D eigenvalue weighted by molar-refractivity contribution is -0.133. The lowest BCUT2D eigenvalue weighted by Crippen LogP contribution is -2.53. The molecular weight excluding hydrogens is 472 g/mol. The first-order valence-electron chi connectivity index (χ1n) is 10.6. The molecule has 3 aromatic rings. The molecule has 2 amide bonds. The van der Waals surface area contributed by atoms with Crippen molar-refractivity contribution in [2.45, 2.75) is 31.5 Å². The highest BCUT2D eigenvalue weighted by molar-refractivity contribution is 5.99. The fourth-order valence-corrected chi connectivity index (χ4v) is 3.81. The number of likely N-dealkylation sites (tertiary alicyclic amines) is 1. The normalized spacial score (nSPS) is 15.3. The largest absolute Gasteiger partial charge is 0.465 e. The van der Waals surface area contributed by atoms with Crippen LogP contribution in [-0.4, -0.2) is 51.0 Å². The Hall–Kier alpha value is -3.96. The van der Waals surface area contributed by atoms with E-state index in [2.05, 4.69) is 10.2 Å². The van der Waals surface area contributed by atoms with Crippen LogP contribution in [0.5, 0.6) is 0 Å². The van der Waals surface area contributed by atoms with Gasteiger partial charge < -0.3 is 19.3 Å². The van der Waals surface area contributed by atoms with E-state index >= 15 is 4.39 Å². The maximum atomic E-state index is 15.7. The molecule has 12 heteroatoms. The third-order valence-corrected chi connectivity index (χ3v) is 5.78. The van der Waals surface area contributed by atoms with Gasteiger partial charge in [0.25, 0.3) is 11.8 Å². The minimum atomic E-state index is -2.97. The zero-order valence-electron chi connectivity index (χ0n) is 18.2. The summed E-state index contributed by atoms with van der Waals surface area (Å²) in [4.78, 5) is 26.6. The van der Waals surface area contributed by atoms with E-state index in [1.165, 1.54) is 12.1 Å². The average molecular weight is 492 g/mol. The van der Waals surface area contributed by atoms with Gasteiger partial charge in [0.05, 0.1) is 6.54 Å². The van der Waals surface area contributed by atoms with E-state index in [0.29, 0.717) is 5.69 Å². The van der Waals surface area contributed by atoms with Crippen molar-refractivity contribution in [3.63, 3.8) is 0 Å². The summed E-state index contributed by atoms with van der Waals surface area (Å²) in [6.45, 7) is -0.614. The molecular formula is C23H20F4N4O4. The van der Waals surface area contributed by atoms with Gasteiger partial charge >= 0.3 is 12.5 Å². The molecule has 4 rings (SSSR count). The van der Waals surface area contributed by atoms with Gasteiger partial charge in [-0.3, -0.25) is 4.79 Å².